The number of methoxy groups -OCH3 is 1. The number of fused-ring (bicyclic) bond motifs is 1. The van der Waals surface area contributed by atoms with Gasteiger partial charge in [-0.3, -0.25) is 20.1 Å². The number of thiazole rings is 1. The van der Waals surface area contributed by atoms with E-state index in [-0.39, 0.29) is 11.8 Å². The second kappa shape index (κ2) is 9.40. The largest absolute Gasteiger partial charge is 0.494 e. The van der Waals surface area contributed by atoms with E-state index < -0.39 is 0 Å². The molecule has 0 aromatic carbocycles. The molecule has 5 heterocycles. The summed E-state index contributed by atoms with van der Waals surface area (Å²) in [4.78, 5) is 36.3. The predicted octanol–water partition coefficient (Wildman–Crippen LogP) is 4.32. The molecule has 174 valence electrons. The minimum absolute atomic E-state index is 0.241. The number of hydrogen-bond acceptors (Lipinski definition) is 9. The van der Waals surface area contributed by atoms with Gasteiger partial charge in [0.25, 0.3) is 5.91 Å². The van der Waals surface area contributed by atoms with E-state index in [1.54, 1.807) is 25.7 Å². The van der Waals surface area contributed by atoms with Crippen molar-refractivity contribution in [3.63, 3.8) is 0 Å². The highest BCUT2D eigenvalue weighted by Gasteiger charge is 2.21. The Morgan fingerprint density at radius 2 is 1.88 bits per heavy atom. The molecule has 34 heavy (non-hydrogen) atoms. The second-order valence-electron chi connectivity index (χ2n) is 8.21. The summed E-state index contributed by atoms with van der Waals surface area (Å²) in [6.07, 6.45) is 7.03. The number of aryl methyl sites for hydroxylation is 2. The maximum atomic E-state index is 13.3. The van der Waals surface area contributed by atoms with Gasteiger partial charge in [-0.25, -0.2) is 9.97 Å². The van der Waals surface area contributed by atoms with Gasteiger partial charge in [-0.05, 0) is 38.8 Å². The molecule has 5 rings (SSSR count). The third-order valence-electron chi connectivity index (χ3n) is 5.74. The highest BCUT2D eigenvalue weighted by molar-refractivity contribution is 7.21. The van der Waals surface area contributed by atoms with Gasteiger partial charge in [-0.2, -0.15) is 4.98 Å². The van der Waals surface area contributed by atoms with Gasteiger partial charge in [0.05, 0.1) is 37.4 Å². The van der Waals surface area contributed by atoms with E-state index in [9.17, 15) is 4.79 Å². The Kier molecular flexibility index (Phi) is 6.16. The van der Waals surface area contributed by atoms with Crippen LogP contribution in [0.3, 0.4) is 0 Å². The summed E-state index contributed by atoms with van der Waals surface area (Å²) in [5, 5.41) is 3.33. The summed E-state index contributed by atoms with van der Waals surface area (Å²) in [5.41, 5.74) is 4.92. The Bertz CT molecular complexity index is 1370. The number of hydrogen-bond donors (Lipinski definition) is 1. The number of nitrogens with one attached hydrogen (secondary N) is 1. The Labute approximate surface area is 200 Å². The van der Waals surface area contributed by atoms with Crippen LogP contribution in [0.15, 0.2) is 30.7 Å². The van der Waals surface area contributed by atoms with Gasteiger partial charge in [-0.15, -0.1) is 0 Å². The molecule has 1 saturated heterocycles. The lowest BCUT2D eigenvalue weighted by molar-refractivity contribution is 0.0793. The molecular formula is C24H24N6O3S. The Morgan fingerprint density at radius 3 is 2.65 bits per heavy atom. The average molecular weight is 477 g/mol. The maximum absolute atomic E-state index is 13.3. The van der Waals surface area contributed by atoms with E-state index in [4.69, 9.17) is 14.5 Å². The fourth-order valence-electron chi connectivity index (χ4n) is 4.01. The summed E-state index contributed by atoms with van der Waals surface area (Å²) in [6.45, 7) is 5.23. The molecule has 10 heteroatoms. The van der Waals surface area contributed by atoms with Crippen molar-refractivity contribution in [3.8, 4) is 16.9 Å². The molecule has 4 aromatic heterocycles. The monoisotopic (exact) mass is 476 g/mol. The van der Waals surface area contributed by atoms with Crippen LogP contribution in [-0.2, 0) is 4.74 Å². The smallest absolute Gasteiger partial charge is 0.259 e. The molecule has 0 aliphatic carbocycles. The molecule has 1 fully saturated rings. The maximum Gasteiger partial charge on any atom is 0.259 e. The first-order chi connectivity index (χ1) is 16.5. The van der Waals surface area contributed by atoms with Crippen LogP contribution in [0, 0.1) is 13.8 Å². The van der Waals surface area contributed by atoms with Gasteiger partial charge in [0.2, 0.25) is 0 Å². The van der Waals surface area contributed by atoms with Gasteiger partial charge < -0.3 is 9.47 Å². The molecule has 1 atom stereocenters. The Balaban J connectivity index is 1.45. The number of nitrogens with zero attached hydrogens (tertiary/aromatic N) is 5. The normalized spacial score (nSPS) is 15.9. The molecule has 9 nitrogen and oxygen atoms in total. The lowest BCUT2D eigenvalue weighted by Gasteiger charge is -2.20. The van der Waals surface area contributed by atoms with Crippen LogP contribution < -0.4 is 10.1 Å². The number of carbonyl (C=O) groups excluding carboxylic acids is 1. The summed E-state index contributed by atoms with van der Waals surface area (Å²) in [5.74, 6) is 0.502. The summed E-state index contributed by atoms with van der Waals surface area (Å²) < 4.78 is 11.1. The molecule has 0 spiro atoms. The van der Waals surface area contributed by atoms with Gasteiger partial charge in [0.1, 0.15) is 5.75 Å². The molecule has 1 N–H and O–H groups in total. The second-order valence-corrected chi connectivity index (χ2v) is 9.19. The highest BCUT2D eigenvalue weighted by Crippen LogP contribution is 2.34. The minimum Gasteiger partial charge on any atom is -0.494 e. The van der Waals surface area contributed by atoms with Crippen molar-refractivity contribution in [1.82, 2.24) is 24.9 Å². The van der Waals surface area contributed by atoms with Gasteiger partial charge in [0, 0.05) is 41.2 Å². The van der Waals surface area contributed by atoms with Crippen molar-refractivity contribution in [2.24, 2.45) is 0 Å². The van der Waals surface area contributed by atoms with Crippen molar-refractivity contribution in [2.75, 3.05) is 25.6 Å². The molecule has 0 saturated carbocycles. The van der Waals surface area contributed by atoms with E-state index in [0.29, 0.717) is 39.1 Å². The zero-order valence-corrected chi connectivity index (χ0v) is 20.0. The number of carbonyl (C=O) groups is 1. The van der Waals surface area contributed by atoms with Crippen LogP contribution in [0.2, 0.25) is 0 Å². The van der Waals surface area contributed by atoms with E-state index in [1.165, 1.54) is 11.3 Å². The molecular weight excluding hydrogens is 452 g/mol. The van der Waals surface area contributed by atoms with Crippen molar-refractivity contribution >= 4 is 32.9 Å². The van der Waals surface area contributed by atoms with Gasteiger partial charge >= 0.3 is 0 Å². The van der Waals surface area contributed by atoms with Crippen molar-refractivity contribution in [3.05, 3.63) is 53.4 Å². The number of pyridine rings is 2. The molecule has 1 aliphatic rings. The molecule has 1 aliphatic heterocycles. The zero-order chi connectivity index (χ0) is 23.7. The topological polar surface area (TPSA) is 112 Å². The summed E-state index contributed by atoms with van der Waals surface area (Å²) in [6, 6.07) is 3.76. The lowest BCUT2D eigenvalue weighted by atomic mass is 9.99. The standard InChI is InChI=1S/C24H24N6O3S/c1-13-7-16(17-8-14(2)26-11-20(17)32-3)18(9-25-13)22(31)30-24-29-21-23(34-24)28-19(10-27-21)15-5-4-6-33-12-15/h7-11,15H,4-6,12H2,1-3H3,(H,27,29,30,31). The fraction of sp³-hybridized carbons (Fsp3) is 0.333. The van der Waals surface area contributed by atoms with Crippen LogP contribution in [0.4, 0.5) is 5.13 Å². The van der Waals surface area contributed by atoms with Crippen LogP contribution in [-0.4, -0.2) is 51.2 Å². The van der Waals surface area contributed by atoms with E-state index >= 15 is 0 Å². The van der Waals surface area contributed by atoms with E-state index in [0.717, 1.165) is 42.1 Å². The average Bonchev–Trinajstić information content (AvgIpc) is 3.25. The number of anilines is 1. The molecule has 1 amide bonds. The first-order valence-electron chi connectivity index (χ1n) is 11.0. The fourth-order valence-corrected chi connectivity index (χ4v) is 4.81. The van der Waals surface area contributed by atoms with Crippen molar-refractivity contribution < 1.29 is 14.3 Å². The number of ether oxygens (including phenoxy) is 2. The number of amides is 1. The molecule has 0 radical (unpaired) electrons. The zero-order valence-electron chi connectivity index (χ0n) is 19.2. The summed E-state index contributed by atoms with van der Waals surface area (Å²) >= 11 is 1.30. The van der Waals surface area contributed by atoms with Gasteiger partial charge in [0.15, 0.2) is 15.6 Å². The Hall–Kier alpha value is -3.50. The highest BCUT2D eigenvalue weighted by atomic mass is 32.1. The van der Waals surface area contributed by atoms with Crippen molar-refractivity contribution in [1.29, 1.82) is 0 Å². The van der Waals surface area contributed by atoms with E-state index in [1.807, 2.05) is 26.0 Å². The quantitative estimate of drug-likeness (QED) is 0.453. The van der Waals surface area contributed by atoms with E-state index in [2.05, 4.69) is 25.3 Å². The number of aromatic nitrogens is 5. The van der Waals surface area contributed by atoms with Crippen molar-refractivity contribution in [2.45, 2.75) is 32.6 Å². The third kappa shape index (κ3) is 4.46. The molecule has 4 aromatic rings. The van der Waals surface area contributed by atoms with Crippen LogP contribution in [0.25, 0.3) is 21.6 Å². The SMILES string of the molecule is COc1cnc(C)cc1-c1cc(C)ncc1C(=O)Nc1nc2ncc(C3CCCOC3)nc2s1. The van der Waals surface area contributed by atoms with Crippen LogP contribution in [0.5, 0.6) is 5.75 Å². The lowest BCUT2D eigenvalue weighted by Crippen LogP contribution is -2.16. The third-order valence-corrected chi connectivity index (χ3v) is 6.59. The minimum atomic E-state index is -0.320. The first kappa shape index (κ1) is 22.3. The molecule has 0 bridgehead atoms. The first-order valence-corrected chi connectivity index (χ1v) is 11.8. The predicted molar refractivity (Wildman–Crippen MR) is 129 cm³/mol. The van der Waals surface area contributed by atoms with Crippen LogP contribution >= 0.6 is 11.3 Å². The Morgan fingerprint density at radius 1 is 1.09 bits per heavy atom. The van der Waals surface area contributed by atoms with Crippen LogP contribution in [0.1, 0.15) is 46.2 Å². The number of rotatable bonds is 5. The summed E-state index contributed by atoms with van der Waals surface area (Å²) in [7, 11) is 1.58. The molecule has 1 unspecified atom stereocenters. The van der Waals surface area contributed by atoms with Gasteiger partial charge in [-0.1, -0.05) is 11.3 Å².